The molecule has 0 fully saturated rings. The van der Waals surface area contributed by atoms with Gasteiger partial charge in [-0.3, -0.25) is 0 Å². The minimum absolute atomic E-state index is 0.160. The van der Waals surface area contributed by atoms with Gasteiger partial charge in [-0.05, 0) is 0 Å². The molecule has 1 aliphatic heterocycles. The number of hydrogen-bond donors (Lipinski definition) is 0. The number of rotatable bonds is 7. The van der Waals surface area contributed by atoms with Crippen LogP contribution in [0.2, 0.25) is 20.1 Å². The summed E-state index contributed by atoms with van der Waals surface area (Å²) in [6.07, 6.45) is 11.5. The Labute approximate surface area is 162 Å². The van der Waals surface area contributed by atoms with E-state index in [1.165, 1.54) is 32.1 Å². The van der Waals surface area contributed by atoms with E-state index in [0.29, 0.717) is 6.04 Å². The van der Waals surface area contributed by atoms with E-state index in [-0.39, 0.29) is 17.7 Å². The third kappa shape index (κ3) is 6.95. The van der Waals surface area contributed by atoms with Crippen LogP contribution >= 0.6 is 0 Å². The minimum atomic E-state index is -2.11. The molecule has 1 unspecified atom stereocenters. The Bertz CT molecular complexity index is 454. The van der Waals surface area contributed by atoms with Crippen LogP contribution in [0.4, 0.5) is 0 Å². The van der Waals surface area contributed by atoms with Crippen LogP contribution < -0.4 is 0 Å². The molecular weight excluding hydrogens is 410 g/mol. The first kappa shape index (κ1) is 23.1. The van der Waals surface area contributed by atoms with Crippen molar-refractivity contribution in [2.24, 2.45) is 10.3 Å². The Morgan fingerprint density at radius 2 is 1.68 bits per heavy atom. The third-order valence-electron chi connectivity index (χ3n) is 5.20. The van der Waals surface area contributed by atoms with Crippen LogP contribution in [0.25, 0.3) is 0 Å². The summed E-state index contributed by atoms with van der Waals surface area (Å²) in [4.78, 5) is 15.3. The molecule has 1 heterocycles. The van der Waals surface area contributed by atoms with Crippen molar-refractivity contribution in [3.8, 4) is 0 Å². The van der Waals surface area contributed by atoms with E-state index >= 15 is 0 Å². The first-order valence-electron chi connectivity index (χ1n) is 10.3. The molecule has 25 heavy (non-hydrogen) atoms. The van der Waals surface area contributed by atoms with Crippen molar-refractivity contribution in [1.82, 2.24) is 4.81 Å². The van der Waals surface area contributed by atoms with Gasteiger partial charge in [-0.2, -0.15) is 0 Å². The van der Waals surface area contributed by atoms with Gasteiger partial charge in [0.2, 0.25) is 0 Å². The third-order valence-corrected chi connectivity index (χ3v) is 11.8. The number of unbranched alkanes of at least 4 members (excludes halogenated alkanes) is 3. The fourth-order valence-corrected chi connectivity index (χ4v) is 7.69. The van der Waals surface area contributed by atoms with Crippen molar-refractivity contribution in [3.05, 3.63) is 9.79 Å². The van der Waals surface area contributed by atoms with Crippen LogP contribution in [0.1, 0.15) is 80.6 Å². The van der Waals surface area contributed by atoms with Crippen molar-refractivity contribution in [2.75, 3.05) is 0 Å². The van der Waals surface area contributed by atoms with Crippen molar-refractivity contribution in [1.29, 1.82) is 0 Å². The zero-order valence-corrected chi connectivity index (χ0v) is 21.6. The van der Waals surface area contributed by atoms with Crippen LogP contribution in [0.5, 0.6) is 0 Å². The van der Waals surface area contributed by atoms with Gasteiger partial charge in [0.25, 0.3) is 0 Å². The zero-order chi connectivity index (χ0) is 19.5. The zero-order valence-electron chi connectivity index (χ0n) is 18.7. The SMILES string of the molecule is CCCCCC/[C](=C/N1B(C(C)(C)C)N=CC1C(C)(C)C)[Sn]([CH3])([CH3])[CH3]. The van der Waals surface area contributed by atoms with Crippen LogP contribution in [-0.4, -0.2) is 42.4 Å². The first-order valence-corrected chi connectivity index (χ1v) is 20.3. The van der Waals surface area contributed by atoms with Gasteiger partial charge < -0.3 is 0 Å². The van der Waals surface area contributed by atoms with E-state index in [0.717, 1.165) is 0 Å². The summed E-state index contributed by atoms with van der Waals surface area (Å²) in [5, 5.41) is 0.160. The fourth-order valence-electron chi connectivity index (χ4n) is 3.52. The molecule has 1 rings (SSSR count). The van der Waals surface area contributed by atoms with Gasteiger partial charge in [-0.1, -0.05) is 0 Å². The second-order valence-electron chi connectivity index (χ2n) is 11.0. The monoisotopic (exact) mass is 454 g/mol. The fraction of sp³-hybridized carbons (Fsp3) is 0.857. The maximum absolute atomic E-state index is 4.96. The first-order chi connectivity index (χ1) is 11.3. The van der Waals surface area contributed by atoms with E-state index in [9.17, 15) is 0 Å². The molecule has 144 valence electrons. The Balaban J connectivity index is 3.14. The molecular formula is C21H43BN2Sn. The number of nitrogens with zero attached hydrogens (tertiary/aromatic N) is 2. The topological polar surface area (TPSA) is 15.6 Å². The van der Waals surface area contributed by atoms with Gasteiger partial charge in [0.1, 0.15) is 0 Å². The van der Waals surface area contributed by atoms with Crippen molar-refractivity contribution in [2.45, 2.75) is 107 Å². The summed E-state index contributed by atoms with van der Waals surface area (Å²) in [5.41, 5.74) is 0.209. The molecule has 0 N–H and O–H groups in total. The predicted molar refractivity (Wildman–Crippen MR) is 119 cm³/mol. The van der Waals surface area contributed by atoms with Gasteiger partial charge in [0.15, 0.2) is 0 Å². The van der Waals surface area contributed by atoms with E-state index in [1.54, 1.807) is 3.59 Å². The molecule has 0 spiro atoms. The summed E-state index contributed by atoms with van der Waals surface area (Å²) in [6, 6.07) is 0.399. The van der Waals surface area contributed by atoms with E-state index in [4.69, 9.17) is 4.90 Å². The normalized spacial score (nSPS) is 19.9. The Morgan fingerprint density at radius 1 is 1.08 bits per heavy atom. The Hall–Kier alpha value is 0.0736. The van der Waals surface area contributed by atoms with Gasteiger partial charge in [-0.25, -0.2) is 0 Å². The predicted octanol–water partition coefficient (Wildman–Crippen LogP) is 6.81. The Morgan fingerprint density at radius 3 is 2.12 bits per heavy atom. The van der Waals surface area contributed by atoms with Gasteiger partial charge in [-0.15, -0.1) is 0 Å². The van der Waals surface area contributed by atoms with Crippen molar-refractivity contribution < 1.29 is 0 Å². The van der Waals surface area contributed by atoms with Crippen LogP contribution in [0.15, 0.2) is 14.7 Å². The van der Waals surface area contributed by atoms with Crippen molar-refractivity contribution in [3.63, 3.8) is 0 Å². The summed E-state index contributed by atoms with van der Waals surface area (Å²) < 4.78 is 1.78. The van der Waals surface area contributed by atoms with E-state index in [1.807, 2.05) is 0 Å². The second-order valence-corrected chi connectivity index (χ2v) is 25.7. The van der Waals surface area contributed by atoms with E-state index in [2.05, 4.69) is 80.5 Å². The quantitative estimate of drug-likeness (QED) is 0.306. The average Bonchev–Trinajstić information content (AvgIpc) is 2.84. The Kier molecular flexibility index (Phi) is 8.17. The maximum atomic E-state index is 4.96. The standard InChI is InChI=1S/C18H34BN2.3CH3.Sn/c1-8-9-10-11-12-13-14-21-16(17(2,3)4)15-20-19(21)18(5,6)7;;;;/h14-16H,8-12H2,1-7H3;3*1H3;. The van der Waals surface area contributed by atoms with Gasteiger partial charge in [0, 0.05) is 0 Å². The molecule has 0 aromatic heterocycles. The van der Waals surface area contributed by atoms with E-state index < -0.39 is 18.4 Å². The van der Waals surface area contributed by atoms with Crippen molar-refractivity contribution >= 4 is 31.6 Å². The van der Waals surface area contributed by atoms with Crippen LogP contribution in [0.3, 0.4) is 0 Å². The molecule has 0 amide bonds. The second kappa shape index (κ2) is 8.84. The molecule has 0 aliphatic carbocycles. The summed E-state index contributed by atoms with van der Waals surface area (Å²) in [6.45, 7) is 16.6. The average molecular weight is 453 g/mol. The molecule has 0 aromatic rings. The molecule has 0 saturated carbocycles. The van der Waals surface area contributed by atoms with Gasteiger partial charge >= 0.3 is 163 Å². The molecule has 2 nitrogen and oxygen atoms in total. The molecule has 0 radical (unpaired) electrons. The molecule has 1 aliphatic rings. The summed E-state index contributed by atoms with van der Waals surface area (Å²) >= 11 is -2.11. The van der Waals surface area contributed by atoms with Crippen LogP contribution in [-0.2, 0) is 0 Å². The number of hydrogen-bond acceptors (Lipinski definition) is 2. The molecule has 1 atom stereocenters. The molecule has 0 aromatic carbocycles. The summed E-state index contributed by atoms with van der Waals surface area (Å²) in [5.74, 6) is 0. The summed E-state index contributed by atoms with van der Waals surface area (Å²) in [7, 11) is 0. The van der Waals surface area contributed by atoms with Crippen LogP contribution in [0, 0.1) is 5.41 Å². The molecule has 0 bridgehead atoms. The van der Waals surface area contributed by atoms with Gasteiger partial charge in [0.05, 0.1) is 0 Å². The molecule has 4 heteroatoms. The molecule has 0 saturated heterocycles. The number of allylic oxidation sites excluding steroid dienone is 1.